The van der Waals surface area contributed by atoms with Crippen molar-refractivity contribution in [3.8, 4) is 0 Å². The van der Waals surface area contributed by atoms with Gasteiger partial charge in [-0.1, -0.05) is 20.8 Å². The van der Waals surface area contributed by atoms with Crippen LogP contribution in [0.3, 0.4) is 0 Å². The molecule has 0 aliphatic carbocycles. The van der Waals surface area contributed by atoms with Gasteiger partial charge >= 0.3 is 0 Å². The van der Waals surface area contributed by atoms with Crippen LogP contribution in [-0.4, -0.2) is 53.4 Å². The lowest BCUT2D eigenvalue weighted by Gasteiger charge is -2.43. The highest BCUT2D eigenvalue weighted by atomic mass is 16.5. The zero-order valence-electron chi connectivity index (χ0n) is 12.8. The van der Waals surface area contributed by atoms with E-state index in [4.69, 9.17) is 10.5 Å². The van der Waals surface area contributed by atoms with Crippen molar-refractivity contribution in [2.45, 2.75) is 58.8 Å². The van der Waals surface area contributed by atoms with Gasteiger partial charge in [0.05, 0.1) is 18.3 Å². The first-order valence-electron chi connectivity index (χ1n) is 6.87. The van der Waals surface area contributed by atoms with Gasteiger partial charge in [0.1, 0.15) is 0 Å². The largest absolute Gasteiger partial charge is 0.394 e. The van der Waals surface area contributed by atoms with Gasteiger partial charge in [-0.2, -0.15) is 0 Å². The summed E-state index contributed by atoms with van der Waals surface area (Å²) in [5, 5.41) is 9.25. The Balaban J connectivity index is 2.66. The van der Waals surface area contributed by atoms with Crippen molar-refractivity contribution in [2.75, 3.05) is 19.7 Å². The second-order valence-electron chi connectivity index (χ2n) is 7.13. The van der Waals surface area contributed by atoms with Crippen LogP contribution in [0.5, 0.6) is 0 Å². The van der Waals surface area contributed by atoms with Crippen molar-refractivity contribution in [1.82, 2.24) is 4.90 Å². The normalized spacial score (nSPS) is 25.2. The number of nitrogens with zero attached hydrogens (tertiary/aromatic N) is 1. The maximum Gasteiger partial charge on any atom is 0.224 e. The Morgan fingerprint density at radius 2 is 2.11 bits per heavy atom. The first-order valence-corrected chi connectivity index (χ1v) is 6.87. The van der Waals surface area contributed by atoms with Crippen LogP contribution in [0.1, 0.15) is 41.0 Å². The third kappa shape index (κ3) is 4.75. The van der Waals surface area contributed by atoms with E-state index in [-0.39, 0.29) is 30.1 Å². The molecule has 1 amide bonds. The van der Waals surface area contributed by atoms with Crippen molar-refractivity contribution in [3.05, 3.63) is 0 Å². The van der Waals surface area contributed by atoms with Crippen LogP contribution in [-0.2, 0) is 9.53 Å². The molecule has 0 aromatic rings. The van der Waals surface area contributed by atoms with E-state index in [1.165, 1.54) is 0 Å². The molecule has 1 heterocycles. The minimum atomic E-state index is -0.423. The summed E-state index contributed by atoms with van der Waals surface area (Å²) in [6, 6.07) is -0.168. The number of ether oxygens (including phenoxy) is 1. The Kier molecular flexibility index (Phi) is 4.98. The van der Waals surface area contributed by atoms with Crippen molar-refractivity contribution in [2.24, 2.45) is 11.1 Å². The average Bonchev–Trinajstić information content (AvgIpc) is 2.25. The molecule has 1 rings (SSSR count). The predicted molar refractivity (Wildman–Crippen MR) is 74.7 cm³/mol. The van der Waals surface area contributed by atoms with Crippen LogP contribution < -0.4 is 5.73 Å². The van der Waals surface area contributed by atoms with Gasteiger partial charge in [-0.05, 0) is 19.3 Å². The fraction of sp³-hybridized carbons (Fsp3) is 0.929. The summed E-state index contributed by atoms with van der Waals surface area (Å²) in [6.07, 6.45) is 0.0242. The molecule has 0 saturated carbocycles. The van der Waals surface area contributed by atoms with Crippen LogP contribution in [0.25, 0.3) is 0 Å². The third-order valence-electron chi connectivity index (χ3n) is 3.54. The fourth-order valence-electron chi connectivity index (χ4n) is 2.20. The summed E-state index contributed by atoms with van der Waals surface area (Å²) in [7, 11) is 0. The molecule has 0 spiro atoms. The van der Waals surface area contributed by atoms with Gasteiger partial charge in [0.25, 0.3) is 0 Å². The van der Waals surface area contributed by atoms with Gasteiger partial charge in [0, 0.05) is 25.6 Å². The lowest BCUT2D eigenvalue weighted by molar-refractivity contribution is -0.167. The lowest BCUT2D eigenvalue weighted by Crippen LogP contribution is -2.56. The van der Waals surface area contributed by atoms with E-state index in [9.17, 15) is 9.90 Å². The maximum absolute atomic E-state index is 12.3. The molecule has 19 heavy (non-hydrogen) atoms. The summed E-state index contributed by atoms with van der Waals surface area (Å²) >= 11 is 0. The van der Waals surface area contributed by atoms with E-state index < -0.39 is 5.60 Å². The number of amides is 1. The highest BCUT2D eigenvalue weighted by molar-refractivity contribution is 5.77. The molecule has 0 aromatic heterocycles. The van der Waals surface area contributed by atoms with E-state index in [0.717, 1.165) is 0 Å². The van der Waals surface area contributed by atoms with E-state index in [2.05, 4.69) is 0 Å². The van der Waals surface area contributed by atoms with E-state index in [0.29, 0.717) is 19.5 Å². The summed E-state index contributed by atoms with van der Waals surface area (Å²) in [4.78, 5) is 14.1. The van der Waals surface area contributed by atoms with Gasteiger partial charge in [0.15, 0.2) is 0 Å². The second kappa shape index (κ2) is 5.77. The Hall–Kier alpha value is -0.650. The van der Waals surface area contributed by atoms with E-state index in [1.54, 1.807) is 4.90 Å². The van der Waals surface area contributed by atoms with Crippen molar-refractivity contribution < 1.29 is 14.6 Å². The van der Waals surface area contributed by atoms with Gasteiger partial charge in [-0.15, -0.1) is 0 Å². The Bertz CT molecular complexity index is 323. The Morgan fingerprint density at radius 1 is 1.53 bits per heavy atom. The van der Waals surface area contributed by atoms with Crippen LogP contribution in [0.2, 0.25) is 0 Å². The fourth-order valence-corrected chi connectivity index (χ4v) is 2.20. The number of aliphatic hydroxyl groups excluding tert-OH is 1. The van der Waals surface area contributed by atoms with Gasteiger partial charge in [-0.3, -0.25) is 4.79 Å². The number of hydrogen-bond acceptors (Lipinski definition) is 4. The monoisotopic (exact) mass is 272 g/mol. The van der Waals surface area contributed by atoms with Gasteiger partial charge in [0.2, 0.25) is 5.91 Å². The molecule has 3 N–H and O–H groups in total. The summed E-state index contributed by atoms with van der Waals surface area (Å²) in [5.74, 6) is 0.0391. The van der Waals surface area contributed by atoms with Crippen molar-refractivity contribution >= 4 is 5.91 Å². The lowest BCUT2D eigenvalue weighted by atomic mass is 9.85. The predicted octanol–water partition coefficient (Wildman–Crippen LogP) is 0.748. The highest BCUT2D eigenvalue weighted by Crippen LogP contribution is 2.24. The zero-order chi connectivity index (χ0) is 14.8. The molecule has 5 heteroatoms. The molecule has 112 valence electrons. The number of carbonyl (C=O) groups is 1. The minimum Gasteiger partial charge on any atom is -0.394 e. The highest BCUT2D eigenvalue weighted by Gasteiger charge is 2.36. The van der Waals surface area contributed by atoms with E-state index >= 15 is 0 Å². The molecule has 1 aliphatic heterocycles. The topological polar surface area (TPSA) is 75.8 Å². The number of carbonyl (C=O) groups excluding carboxylic acids is 1. The zero-order valence-corrected chi connectivity index (χ0v) is 12.8. The molecule has 2 unspecified atom stereocenters. The standard InChI is InChI=1S/C14H28N2O3/c1-13(2,3)11(15)6-12(18)16-7-10(8-17)19-14(4,5)9-16/h10-11,17H,6-9,15H2,1-5H3. The molecule has 5 nitrogen and oxygen atoms in total. The molecule has 1 aliphatic rings. The maximum atomic E-state index is 12.3. The van der Waals surface area contributed by atoms with Crippen LogP contribution in [0.4, 0.5) is 0 Å². The summed E-state index contributed by atoms with van der Waals surface area (Å²) < 4.78 is 5.70. The van der Waals surface area contributed by atoms with E-state index in [1.807, 2.05) is 34.6 Å². The van der Waals surface area contributed by atoms with Crippen LogP contribution in [0.15, 0.2) is 0 Å². The SMILES string of the molecule is CC1(C)CN(C(=O)CC(N)C(C)(C)C)CC(CO)O1. The number of nitrogens with two attached hydrogens (primary N) is 1. The molecular formula is C14H28N2O3. The second-order valence-corrected chi connectivity index (χ2v) is 7.13. The Morgan fingerprint density at radius 3 is 2.58 bits per heavy atom. The number of hydrogen-bond donors (Lipinski definition) is 2. The average molecular weight is 272 g/mol. The molecule has 1 fully saturated rings. The quantitative estimate of drug-likeness (QED) is 0.795. The molecular weight excluding hydrogens is 244 g/mol. The number of aliphatic hydroxyl groups is 1. The number of rotatable bonds is 3. The first-order chi connectivity index (χ1) is 8.55. The van der Waals surface area contributed by atoms with Crippen molar-refractivity contribution in [1.29, 1.82) is 0 Å². The molecule has 2 atom stereocenters. The van der Waals surface area contributed by atoms with Gasteiger partial charge in [-0.25, -0.2) is 0 Å². The smallest absolute Gasteiger partial charge is 0.224 e. The van der Waals surface area contributed by atoms with Crippen molar-refractivity contribution in [3.63, 3.8) is 0 Å². The molecule has 1 saturated heterocycles. The van der Waals surface area contributed by atoms with Crippen LogP contribution >= 0.6 is 0 Å². The first kappa shape index (κ1) is 16.4. The van der Waals surface area contributed by atoms with Gasteiger partial charge < -0.3 is 20.5 Å². The molecule has 0 radical (unpaired) electrons. The minimum absolute atomic E-state index is 0.0391. The summed E-state index contributed by atoms with van der Waals surface area (Å²) in [6.45, 7) is 10.9. The summed E-state index contributed by atoms with van der Waals surface area (Å²) in [5.41, 5.74) is 5.55. The Labute approximate surface area is 116 Å². The van der Waals surface area contributed by atoms with Crippen LogP contribution in [0, 0.1) is 5.41 Å². The number of morpholine rings is 1. The third-order valence-corrected chi connectivity index (χ3v) is 3.54. The molecule has 0 aromatic carbocycles. The molecule has 0 bridgehead atoms.